The molecule has 0 bridgehead atoms. The maximum atomic E-state index is 13.7. The van der Waals surface area contributed by atoms with Gasteiger partial charge in [0.15, 0.2) is 0 Å². The zero-order valence-corrected chi connectivity index (χ0v) is 21.9. The van der Waals surface area contributed by atoms with Crippen molar-refractivity contribution in [3.63, 3.8) is 0 Å². The Morgan fingerprint density at radius 1 is 0.973 bits per heavy atom. The average molecular weight is 530 g/mol. The van der Waals surface area contributed by atoms with E-state index in [1.165, 1.54) is 18.4 Å². The van der Waals surface area contributed by atoms with Crippen LogP contribution in [0.1, 0.15) is 37.7 Å². The van der Waals surface area contributed by atoms with Gasteiger partial charge in [-0.1, -0.05) is 17.2 Å². The second kappa shape index (κ2) is 11.2. The van der Waals surface area contributed by atoms with E-state index in [0.29, 0.717) is 23.0 Å². The number of rotatable bonds is 8. The van der Waals surface area contributed by atoms with Gasteiger partial charge in [0.25, 0.3) is 5.92 Å². The first-order valence-electron chi connectivity index (χ1n) is 12.8. The largest absolute Gasteiger partial charge is 0.395 e. The van der Waals surface area contributed by atoms with Crippen LogP contribution in [0.4, 0.5) is 26.0 Å². The van der Waals surface area contributed by atoms with Crippen LogP contribution in [-0.4, -0.2) is 69.5 Å². The van der Waals surface area contributed by atoms with E-state index in [2.05, 4.69) is 26.0 Å². The van der Waals surface area contributed by atoms with Gasteiger partial charge in [-0.15, -0.1) is 5.10 Å². The van der Waals surface area contributed by atoms with Crippen molar-refractivity contribution in [1.29, 1.82) is 0 Å². The van der Waals surface area contributed by atoms with Crippen LogP contribution in [0.2, 0.25) is 0 Å². The van der Waals surface area contributed by atoms with Crippen LogP contribution in [-0.2, 0) is 0 Å². The molecule has 0 unspecified atom stereocenters. The van der Waals surface area contributed by atoms with E-state index < -0.39 is 5.92 Å². The van der Waals surface area contributed by atoms with Crippen LogP contribution in [0.25, 0.3) is 17.1 Å². The number of halogens is 2. The van der Waals surface area contributed by atoms with Gasteiger partial charge in [0.1, 0.15) is 11.5 Å². The number of anilines is 3. The number of piperidine rings is 2. The minimum Gasteiger partial charge on any atom is -0.395 e. The molecule has 198 valence electrons. The highest BCUT2D eigenvalue weighted by molar-refractivity contribution is 8.00. The Bertz CT molecular complexity index is 1210. The molecular weight excluding hydrogens is 496 g/mol. The molecule has 4 heterocycles. The van der Waals surface area contributed by atoms with Crippen LogP contribution >= 0.6 is 11.9 Å². The van der Waals surface area contributed by atoms with Crippen LogP contribution in [0, 0.1) is 6.92 Å². The lowest BCUT2D eigenvalue weighted by atomic mass is 10.1. The highest BCUT2D eigenvalue weighted by Crippen LogP contribution is 2.33. The molecule has 11 heteroatoms. The predicted molar refractivity (Wildman–Crippen MR) is 145 cm³/mol. The summed E-state index contributed by atoms with van der Waals surface area (Å²) in [5, 5.41) is 18.0. The summed E-state index contributed by atoms with van der Waals surface area (Å²) in [6.07, 6.45) is 5.11. The van der Waals surface area contributed by atoms with E-state index in [1.54, 1.807) is 4.68 Å². The molecular formula is C26H33F2N7OS. The minimum atomic E-state index is -2.60. The predicted octanol–water partition coefficient (Wildman–Crippen LogP) is 4.92. The molecule has 0 saturated carbocycles. The fourth-order valence-corrected chi connectivity index (χ4v) is 5.34. The quantitative estimate of drug-likeness (QED) is 0.315. The summed E-state index contributed by atoms with van der Waals surface area (Å²) in [5.74, 6) is -1.29. The average Bonchev–Trinajstić information content (AvgIpc) is 3.39. The fourth-order valence-electron chi connectivity index (χ4n) is 4.85. The van der Waals surface area contributed by atoms with Crippen LogP contribution < -0.4 is 14.5 Å². The van der Waals surface area contributed by atoms with Gasteiger partial charge < -0.3 is 19.6 Å². The summed E-state index contributed by atoms with van der Waals surface area (Å²) in [6.45, 7) is 4.64. The summed E-state index contributed by atoms with van der Waals surface area (Å²) in [4.78, 5) is 9.08. The first-order valence-corrected chi connectivity index (χ1v) is 13.8. The number of pyridine rings is 1. The molecule has 2 N–H and O–H groups in total. The van der Waals surface area contributed by atoms with Crippen molar-refractivity contribution in [3.05, 3.63) is 42.1 Å². The van der Waals surface area contributed by atoms with Crippen molar-refractivity contribution in [3.8, 4) is 17.1 Å². The number of nitrogens with zero attached hydrogens (tertiary/aromatic N) is 6. The number of aromatic nitrogens is 4. The molecule has 3 aromatic rings. The lowest BCUT2D eigenvalue weighted by molar-refractivity contribution is -0.0221. The Morgan fingerprint density at radius 3 is 2.51 bits per heavy atom. The standard InChI is InChI=1S/C26H33F2N7OS/c1-19-15-21(29-25(16-19)34-11-7-26(27,28)8-12-34)22-18-35(32-30-22)23-6-5-20(31-37-14-13-36)17-24(23)33-9-3-2-4-10-33/h5-6,15-18,31,36H,2-4,7-14H2,1H3. The van der Waals surface area contributed by atoms with Gasteiger partial charge in [0.2, 0.25) is 0 Å². The van der Waals surface area contributed by atoms with Gasteiger partial charge >= 0.3 is 0 Å². The molecule has 5 rings (SSSR count). The molecule has 0 atom stereocenters. The van der Waals surface area contributed by atoms with Gasteiger partial charge in [-0.3, -0.25) is 0 Å². The number of nitrogens with one attached hydrogen (secondary N) is 1. The lowest BCUT2D eigenvalue weighted by Gasteiger charge is -2.32. The van der Waals surface area contributed by atoms with E-state index in [4.69, 9.17) is 10.1 Å². The molecule has 37 heavy (non-hydrogen) atoms. The number of benzene rings is 1. The van der Waals surface area contributed by atoms with E-state index in [1.807, 2.05) is 42.3 Å². The molecule has 1 aromatic carbocycles. The third-order valence-corrected chi connectivity index (χ3v) is 7.60. The SMILES string of the molecule is Cc1cc(-c2cn(-c3ccc(NSCCO)cc3N3CCCCC3)nn2)nc(N2CCC(F)(F)CC2)c1. The minimum absolute atomic E-state index is 0.120. The van der Waals surface area contributed by atoms with Gasteiger partial charge in [-0.05, 0) is 62.1 Å². The van der Waals surface area contributed by atoms with Crippen molar-refractivity contribution in [2.75, 3.05) is 53.1 Å². The molecule has 2 saturated heterocycles. The van der Waals surface area contributed by atoms with Crippen molar-refractivity contribution in [1.82, 2.24) is 20.0 Å². The van der Waals surface area contributed by atoms with E-state index in [0.717, 1.165) is 48.6 Å². The third-order valence-electron chi connectivity index (χ3n) is 6.83. The number of aliphatic hydroxyl groups is 1. The molecule has 0 spiro atoms. The molecule has 8 nitrogen and oxygen atoms in total. The number of hydrogen-bond acceptors (Lipinski definition) is 8. The number of alkyl halides is 2. The fraction of sp³-hybridized carbons (Fsp3) is 0.500. The van der Waals surface area contributed by atoms with Crippen molar-refractivity contribution in [2.24, 2.45) is 0 Å². The summed E-state index contributed by atoms with van der Waals surface area (Å²) in [5.41, 5.74) is 5.30. The van der Waals surface area contributed by atoms with Crippen molar-refractivity contribution in [2.45, 2.75) is 45.0 Å². The van der Waals surface area contributed by atoms with Gasteiger partial charge in [0, 0.05) is 50.5 Å². The number of hydrogen-bond donors (Lipinski definition) is 2. The second-order valence-corrected chi connectivity index (χ2v) is 10.6. The van der Waals surface area contributed by atoms with Crippen LogP contribution in [0.3, 0.4) is 0 Å². The van der Waals surface area contributed by atoms with Gasteiger partial charge in [0.05, 0.1) is 29.9 Å². The highest BCUT2D eigenvalue weighted by atomic mass is 32.2. The summed E-state index contributed by atoms with van der Waals surface area (Å²) < 4.78 is 32.4. The molecule has 0 radical (unpaired) electrons. The van der Waals surface area contributed by atoms with Crippen molar-refractivity contribution >= 4 is 29.1 Å². The molecule has 2 aliphatic heterocycles. The van der Waals surface area contributed by atoms with Crippen LogP contribution in [0.5, 0.6) is 0 Å². The van der Waals surface area contributed by atoms with E-state index >= 15 is 0 Å². The zero-order chi connectivity index (χ0) is 25.8. The second-order valence-electron chi connectivity index (χ2n) is 9.70. The summed E-state index contributed by atoms with van der Waals surface area (Å²) in [6, 6.07) is 10.1. The monoisotopic (exact) mass is 529 g/mol. The highest BCUT2D eigenvalue weighted by Gasteiger charge is 2.34. The Hall–Kier alpha value is -2.92. The molecule has 2 fully saturated rings. The first kappa shape index (κ1) is 25.7. The summed E-state index contributed by atoms with van der Waals surface area (Å²) >= 11 is 1.47. The van der Waals surface area contributed by atoms with E-state index in [-0.39, 0.29) is 32.5 Å². The van der Waals surface area contributed by atoms with Crippen LogP contribution in [0.15, 0.2) is 36.5 Å². The Labute approximate surface area is 220 Å². The Kier molecular flexibility index (Phi) is 7.80. The van der Waals surface area contributed by atoms with Gasteiger partial charge in [-0.2, -0.15) is 0 Å². The molecule has 2 aromatic heterocycles. The van der Waals surface area contributed by atoms with Crippen molar-refractivity contribution < 1.29 is 13.9 Å². The number of aliphatic hydroxyl groups excluding tert-OH is 1. The maximum Gasteiger partial charge on any atom is 0.251 e. The molecule has 2 aliphatic rings. The maximum absolute atomic E-state index is 13.7. The van der Waals surface area contributed by atoms with E-state index in [9.17, 15) is 8.78 Å². The van der Waals surface area contributed by atoms with Gasteiger partial charge in [-0.25, -0.2) is 18.4 Å². The lowest BCUT2D eigenvalue weighted by Crippen LogP contribution is -2.39. The Balaban J connectivity index is 1.43. The Morgan fingerprint density at radius 2 is 1.76 bits per heavy atom. The summed E-state index contributed by atoms with van der Waals surface area (Å²) in [7, 11) is 0. The third kappa shape index (κ3) is 6.15. The normalized spacial score (nSPS) is 17.7. The zero-order valence-electron chi connectivity index (χ0n) is 21.0. The molecule has 0 amide bonds. The number of aryl methyl sites for hydroxylation is 1. The topological polar surface area (TPSA) is 82.3 Å². The molecule has 0 aliphatic carbocycles. The first-order chi connectivity index (χ1) is 17.9. The smallest absolute Gasteiger partial charge is 0.251 e.